The van der Waals surface area contributed by atoms with Gasteiger partial charge in [0.1, 0.15) is 5.69 Å². The third-order valence-electron chi connectivity index (χ3n) is 4.43. The quantitative estimate of drug-likeness (QED) is 0.551. The smallest absolute Gasteiger partial charge is 0.326 e. The summed E-state index contributed by atoms with van der Waals surface area (Å²) in [6.07, 6.45) is 7.78. The number of benzene rings is 1. The van der Waals surface area contributed by atoms with Crippen LogP contribution in [-0.2, 0) is 0 Å². The number of aromatic nitrogens is 2. The van der Waals surface area contributed by atoms with E-state index in [4.69, 9.17) is 11.1 Å². The van der Waals surface area contributed by atoms with Crippen LogP contribution in [0, 0.1) is 5.41 Å². The zero-order valence-corrected chi connectivity index (χ0v) is 15.2. The lowest BCUT2D eigenvalue weighted by atomic mass is 9.97. The summed E-state index contributed by atoms with van der Waals surface area (Å²) in [5.41, 5.74) is 9.89. The van der Waals surface area contributed by atoms with Crippen molar-refractivity contribution in [2.45, 2.75) is 25.8 Å². The van der Waals surface area contributed by atoms with Gasteiger partial charge in [0, 0.05) is 31.3 Å². The second-order valence-electron chi connectivity index (χ2n) is 6.41. The Kier molecular flexibility index (Phi) is 5.53. The van der Waals surface area contributed by atoms with Crippen LogP contribution in [0.1, 0.15) is 36.6 Å². The van der Waals surface area contributed by atoms with Crippen LogP contribution in [0.2, 0.25) is 0 Å². The summed E-state index contributed by atoms with van der Waals surface area (Å²) in [5.74, 6) is 0.847. The molecule has 4 N–H and O–H groups in total. The average molecular weight is 349 g/mol. The molecule has 0 saturated heterocycles. The van der Waals surface area contributed by atoms with Crippen LogP contribution in [-0.4, -0.2) is 46.1 Å². The molecule has 0 spiro atoms. The van der Waals surface area contributed by atoms with Crippen molar-refractivity contribution in [2.24, 2.45) is 5.73 Å². The fraction of sp³-hybridized carbons (Fsp3) is 0.300. The second kappa shape index (κ2) is 8.01. The van der Waals surface area contributed by atoms with Crippen molar-refractivity contribution in [3.05, 3.63) is 59.7 Å². The Labute approximate surface area is 154 Å². The van der Waals surface area contributed by atoms with Gasteiger partial charge in [-0.25, -0.2) is 9.56 Å². The standard InChI is InChI=1S/C20H25N6/c1-14(21)17(12-23-2)15-6-5-7-16(10-15)20(22)18-11-19(25-13-24-18)26-8-3-4-9-26/h5-8,10-14,22-23H,3-4,9,21H2,1-2H3/q+1. The highest BCUT2D eigenvalue weighted by molar-refractivity contribution is 6.10. The Morgan fingerprint density at radius 2 is 2.12 bits per heavy atom. The third-order valence-corrected chi connectivity index (χ3v) is 4.43. The van der Waals surface area contributed by atoms with E-state index in [1.807, 2.05) is 50.5 Å². The summed E-state index contributed by atoms with van der Waals surface area (Å²) in [5, 5.41) is 11.6. The highest BCUT2D eigenvalue weighted by Crippen LogP contribution is 2.20. The van der Waals surface area contributed by atoms with Crippen LogP contribution < -0.4 is 11.1 Å². The van der Waals surface area contributed by atoms with E-state index < -0.39 is 0 Å². The van der Waals surface area contributed by atoms with Crippen molar-refractivity contribution in [3.63, 3.8) is 0 Å². The van der Waals surface area contributed by atoms with E-state index in [0.717, 1.165) is 41.9 Å². The topological polar surface area (TPSA) is 90.7 Å². The summed E-state index contributed by atoms with van der Waals surface area (Å²) in [6.45, 7) is 2.91. The van der Waals surface area contributed by atoms with Gasteiger partial charge in [-0.15, -0.1) is 0 Å². The molecule has 0 saturated carbocycles. The predicted molar refractivity (Wildman–Crippen MR) is 105 cm³/mol. The van der Waals surface area contributed by atoms with Crippen molar-refractivity contribution in [1.82, 2.24) is 15.3 Å². The van der Waals surface area contributed by atoms with Crippen molar-refractivity contribution in [2.75, 3.05) is 13.6 Å². The lowest BCUT2D eigenvalue weighted by Crippen LogP contribution is -2.19. The van der Waals surface area contributed by atoms with Gasteiger partial charge < -0.3 is 11.1 Å². The molecule has 1 aromatic heterocycles. The fourth-order valence-electron chi connectivity index (χ4n) is 3.08. The zero-order chi connectivity index (χ0) is 18.5. The lowest BCUT2D eigenvalue weighted by Gasteiger charge is -2.13. The monoisotopic (exact) mass is 349 g/mol. The molecule has 1 unspecified atom stereocenters. The van der Waals surface area contributed by atoms with Gasteiger partial charge in [0.25, 0.3) is 0 Å². The largest absolute Gasteiger partial charge is 0.394 e. The molecule has 2 aromatic rings. The van der Waals surface area contributed by atoms with Gasteiger partial charge in [-0.2, -0.15) is 0 Å². The number of rotatable bonds is 6. The molecule has 3 rings (SSSR count). The van der Waals surface area contributed by atoms with E-state index in [9.17, 15) is 0 Å². The molecule has 26 heavy (non-hydrogen) atoms. The molecule has 134 valence electrons. The van der Waals surface area contributed by atoms with Crippen LogP contribution in [0.25, 0.3) is 5.57 Å². The van der Waals surface area contributed by atoms with Crippen LogP contribution in [0.3, 0.4) is 0 Å². The first kappa shape index (κ1) is 17.9. The van der Waals surface area contributed by atoms with Gasteiger partial charge in [-0.05, 0) is 35.5 Å². The molecule has 0 bridgehead atoms. The first-order chi connectivity index (χ1) is 12.6. The van der Waals surface area contributed by atoms with E-state index >= 15 is 0 Å². The maximum absolute atomic E-state index is 8.60. The van der Waals surface area contributed by atoms with Gasteiger partial charge >= 0.3 is 5.82 Å². The summed E-state index contributed by atoms with van der Waals surface area (Å²) in [7, 11) is 1.85. The fourth-order valence-corrected chi connectivity index (χ4v) is 3.08. The van der Waals surface area contributed by atoms with Gasteiger partial charge in [0.05, 0.1) is 24.5 Å². The molecule has 1 aliphatic rings. The Balaban J connectivity index is 1.92. The Bertz CT molecular complexity index is 866. The zero-order valence-electron chi connectivity index (χ0n) is 15.2. The molecule has 6 nitrogen and oxygen atoms in total. The second-order valence-corrected chi connectivity index (χ2v) is 6.41. The van der Waals surface area contributed by atoms with Crippen LogP contribution in [0.4, 0.5) is 5.82 Å². The van der Waals surface area contributed by atoms with Crippen molar-refractivity contribution in [3.8, 4) is 0 Å². The summed E-state index contributed by atoms with van der Waals surface area (Å²) in [6, 6.07) is 9.64. The van der Waals surface area contributed by atoms with E-state index in [1.165, 1.54) is 6.33 Å². The normalized spacial score (nSPS) is 15.5. The molecule has 0 fully saturated rings. The average Bonchev–Trinajstić information content (AvgIpc) is 3.20. The van der Waals surface area contributed by atoms with Crippen molar-refractivity contribution < 1.29 is 4.58 Å². The van der Waals surface area contributed by atoms with Gasteiger partial charge in [0.15, 0.2) is 0 Å². The molecule has 1 aromatic carbocycles. The molecule has 0 amide bonds. The van der Waals surface area contributed by atoms with Crippen LogP contribution in [0.5, 0.6) is 0 Å². The SMILES string of the molecule is CNC=C(c1cccc(C(=N)c2cc([N+]3=CCCC3)ncn2)c1)C(C)N. The van der Waals surface area contributed by atoms with Crippen LogP contribution in [0.15, 0.2) is 42.9 Å². The first-order valence-electron chi connectivity index (χ1n) is 8.85. The predicted octanol–water partition coefficient (Wildman–Crippen LogP) is 2.31. The van der Waals surface area contributed by atoms with Gasteiger partial charge in [-0.3, -0.25) is 5.41 Å². The number of nitrogens with one attached hydrogen (secondary N) is 2. The van der Waals surface area contributed by atoms with E-state index in [-0.39, 0.29) is 6.04 Å². The third kappa shape index (κ3) is 3.86. The molecule has 1 aliphatic heterocycles. The molecule has 0 aliphatic carbocycles. The maximum Gasteiger partial charge on any atom is 0.326 e. The molecule has 2 heterocycles. The molecule has 6 heteroatoms. The number of nitrogens with zero attached hydrogens (tertiary/aromatic N) is 3. The maximum atomic E-state index is 8.60. The lowest BCUT2D eigenvalue weighted by molar-refractivity contribution is -0.430. The van der Waals surface area contributed by atoms with Gasteiger partial charge in [-0.1, -0.05) is 18.2 Å². The minimum atomic E-state index is -0.108. The highest BCUT2D eigenvalue weighted by Gasteiger charge is 2.18. The Morgan fingerprint density at radius 3 is 2.81 bits per heavy atom. The Morgan fingerprint density at radius 1 is 1.31 bits per heavy atom. The van der Waals surface area contributed by atoms with Gasteiger partial charge in [0.2, 0.25) is 6.33 Å². The molecular formula is C20H25N6+. The highest BCUT2D eigenvalue weighted by atomic mass is 15.1. The molecule has 0 radical (unpaired) electrons. The van der Waals surface area contributed by atoms with Crippen molar-refractivity contribution in [1.29, 1.82) is 5.41 Å². The number of nitrogens with two attached hydrogens (primary N) is 1. The Hall–Kier alpha value is -2.86. The van der Waals surface area contributed by atoms with E-state index in [2.05, 4.69) is 26.1 Å². The van der Waals surface area contributed by atoms with Crippen LogP contribution >= 0.6 is 0 Å². The number of hydrogen-bond acceptors (Lipinski definition) is 5. The van der Waals surface area contributed by atoms with E-state index in [0.29, 0.717) is 11.4 Å². The number of hydrogen-bond donors (Lipinski definition) is 3. The minimum Gasteiger partial charge on any atom is -0.394 e. The summed E-state index contributed by atoms with van der Waals surface area (Å²) < 4.78 is 2.12. The summed E-state index contributed by atoms with van der Waals surface area (Å²) in [4.78, 5) is 8.65. The first-order valence-corrected chi connectivity index (χ1v) is 8.85. The molecular weight excluding hydrogens is 324 g/mol. The van der Waals surface area contributed by atoms with Crippen molar-refractivity contribution >= 4 is 23.3 Å². The minimum absolute atomic E-state index is 0.108. The molecule has 1 atom stereocenters. The van der Waals surface area contributed by atoms with E-state index in [1.54, 1.807) is 0 Å². The summed E-state index contributed by atoms with van der Waals surface area (Å²) >= 11 is 0.